The highest BCUT2D eigenvalue weighted by Gasteiger charge is 2.09. The Balaban J connectivity index is 2.08. The van der Waals surface area contributed by atoms with E-state index in [2.05, 4.69) is 11.6 Å². The third kappa shape index (κ3) is 3.73. The van der Waals surface area contributed by atoms with Crippen LogP contribution in [0.1, 0.15) is 0 Å². The van der Waals surface area contributed by atoms with Gasteiger partial charge in [0, 0.05) is 24.1 Å². The van der Waals surface area contributed by atoms with E-state index in [1.807, 2.05) is 34.2 Å². The minimum Gasteiger partial charge on any atom is -0.497 e. The zero-order valence-electron chi connectivity index (χ0n) is 14.2. The number of non-ortho nitro benzene ring substituents is 1. The molecule has 0 aliphatic carbocycles. The van der Waals surface area contributed by atoms with Crippen LogP contribution >= 0.6 is 11.3 Å². The lowest BCUT2D eigenvalue weighted by molar-refractivity contribution is -0.384. The topological polar surface area (TPSA) is 69.7 Å². The van der Waals surface area contributed by atoms with Crippen molar-refractivity contribution in [3.05, 3.63) is 81.5 Å². The average Bonchev–Trinajstić information content (AvgIpc) is 3.05. The molecular formula is C19H17N3O3S. The van der Waals surface area contributed by atoms with E-state index < -0.39 is 4.92 Å². The smallest absolute Gasteiger partial charge is 0.271 e. The van der Waals surface area contributed by atoms with Crippen LogP contribution in [0.25, 0.3) is 11.3 Å². The summed E-state index contributed by atoms with van der Waals surface area (Å²) >= 11 is 1.48. The molecule has 7 heteroatoms. The molecule has 0 aliphatic heterocycles. The van der Waals surface area contributed by atoms with Crippen molar-refractivity contribution in [3.8, 4) is 17.0 Å². The van der Waals surface area contributed by atoms with E-state index in [4.69, 9.17) is 4.74 Å². The molecule has 2 aromatic carbocycles. The summed E-state index contributed by atoms with van der Waals surface area (Å²) in [6, 6.07) is 14.1. The molecule has 0 atom stereocenters. The molecule has 0 radical (unpaired) electrons. The number of rotatable bonds is 6. The Morgan fingerprint density at radius 2 is 2.08 bits per heavy atom. The van der Waals surface area contributed by atoms with Crippen LogP contribution in [0.5, 0.6) is 5.75 Å². The largest absolute Gasteiger partial charge is 0.497 e. The Labute approximate surface area is 154 Å². The maximum absolute atomic E-state index is 11.0. The van der Waals surface area contributed by atoms with E-state index >= 15 is 0 Å². The van der Waals surface area contributed by atoms with Crippen LogP contribution in [0.3, 0.4) is 0 Å². The summed E-state index contributed by atoms with van der Waals surface area (Å²) in [5, 5.41) is 13.0. The fraction of sp³-hybridized carbons (Fsp3) is 0.105. The number of nitrogens with zero attached hydrogens (tertiary/aromatic N) is 3. The molecule has 0 saturated heterocycles. The van der Waals surface area contributed by atoms with Gasteiger partial charge in [0.1, 0.15) is 5.75 Å². The maximum atomic E-state index is 11.0. The third-order valence-corrected chi connectivity index (χ3v) is 4.62. The van der Waals surface area contributed by atoms with E-state index in [1.54, 1.807) is 25.3 Å². The molecule has 0 saturated carbocycles. The lowest BCUT2D eigenvalue weighted by Crippen LogP contribution is -2.14. The molecule has 0 spiro atoms. The van der Waals surface area contributed by atoms with E-state index in [0.29, 0.717) is 12.2 Å². The Hall–Kier alpha value is -3.19. The molecule has 132 valence electrons. The fourth-order valence-electron chi connectivity index (χ4n) is 2.50. The SMILES string of the molecule is C=CCn1c(-c2ccc(OC)cc2)csc1=Nc1cccc([N+](=O)[O-])c1. The number of ether oxygens (including phenoxy) is 1. The van der Waals surface area contributed by atoms with Crippen molar-refractivity contribution in [1.29, 1.82) is 0 Å². The second-order valence-electron chi connectivity index (χ2n) is 5.42. The van der Waals surface area contributed by atoms with Gasteiger partial charge in [-0.25, -0.2) is 4.99 Å². The van der Waals surface area contributed by atoms with Crippen LogP contribution in [0, 0.1) is 10.1 Å². The lowest BCUT2D eigenvalue weighted by Gasteiger charge is -2.07. The first-order valence-electron chi connectivity index (χ1n) is 7.85. The third-order valence-electron chi connectivity index (χ3n) is 3.76. The quantitative estimate of drug-likeness (QED) is 0.364. The van der Waals surface area contributed by atoms with Gasteiger partial charge in [-0.3, -0.25) is 10.1 Å². The summed E-state index contributed by atoms with van der Waals surface area (Å²) in [6.07, 6.45) is 1.80. The predicted molar refractivity (Wildman–Crippen MR) is 103 cm³/mol. The summed E-state index contributed by atoms with van der Waals surface area (Å²) in [6.45, 7) is 4.40. The van der Waals surface area contributed by atoms with E-state index in [1.165, 1.54) is 23.5 Å². The van der Waals surface area contributed by atoms with Crippen molar-refractivity contribution < 1.29 is 9.66 Å². The molecule has 3 rings (SSSR count). The fourth-order valence-corrected chi connectivity index (χ4v) is 3.44. The molecule has 1 heterocycles. The number of nitro groups is 1. The van der Waals surface area contributed by atoms with Gasteiger partial charge < -0.3 is 9.30 Å². The molecule has 0 amide bonds. The number of hydrogen-bond acceptors (Lipinski definition) is 5. The molecule has 1 aromatic heterocycles. The highest BCUT2D eigenvalue weighted by Crippen LogP contribution is 2.24. The number of allylic oxidation sites excluding steroid dienone is 1. The summed E-state index contributed by atoms with van der Waals surface area (Å²) in [5.74, 6) is 0.792. The lowest BCUT2D eigenvalue weighted by atomic mass is 10.1. The number of hydrogen-bond donors (Lipinski definition) is 0. The van der Waals surface area contributed by atoms with Gasteiger partial charge in [0.25, 0.3) is 5.69 Å². The predicted octanol–water partition coefficient (Wildman–Crippen LogP) is 4.55. The first kappa shape index (κ1) is 17.6. The highest BCUT2D eigenvalue weighted by molar-refractivity contribution is 7.07. The minimum atomic E-state index is -0.423. The standard InChI is InChI=1S/C19H17N3O3S/c1-3-11-21-18(14-7-9-17(25-2)10-8-14)13-26-19(21)20-15-5-4-6-16(12-15)22(23)24/h3-10,12-13H,1,11H2,2H3. The monoisotopic (exact) mass is 367 g/mol. The highest BCUT2D eigenvalue weighted by atomic mass is 32.1. The summed E-state index contributed by atoms with van der Waals surface area (Å²) in [7, 11) is 1.63. The van der Waals surface area contributed by atoms with Crippen LogP contribution in [0.4, 0.5) is 11.4 Å². The van der Waals surface area contributed by atoms with Crippen molar-refractivity contribution in [1.82, 2.24) is 4.57 Å². The Morgan fingerprint density at radius 1 is 1.31 bits per heavy atom. The number of thiazole rings is 1. The van der Waals surface area contributed by atoms with E-state index in [0.717, 1.165) is 21.8 Å². The van der Waals surface area contributed by atoms with Gasteiger partial charge in [-0.1, -0.05) is 12.1 Å². The summed E-state index contributed by atoms with van der Waals surface area (Å²) in [4.78, 5) is 15.9. The zero-order chi connectivity index (χ0) is 18.5. The number of aromatic nitrogens is 1. The molecule has 6 nitrogen and oxygen atoms in total. The molecule has 0 bridgehead atoms. The molecule has 0 unspecified atom stereocenters. The number of methoxy groups -OCH3 is 1. The van der Waals surface area contributed by atoms with E-state index in [9.17, 15) is 10.1 Å². The van der Waals surface area contributed by atoms with Gasteiger partial charge in [-0.05, 0) is 35.9 Å². The van der Waals surface area contributed by atoms with Gasteiger partial charge in [0.2, 0.25) is 0 Å². The van der Waals surface area contributed by atoms with Crippen LogP contribution < -0.4 is 9.54 Å². The second-order valence-corrected chi connectivity index (χ2v) is 6.26. The van der Waals surface area contributed by atoms with Gasteiger partial charge in [-0.15, -0.1) is 17.9 Å². The normalized spacial score (nSPS) is 11.3. The summed E-state index contributed by atoms with van der Waals surface area (Å²) < 4.78 is 7.23. The van der Waals surface area contributed by atoms with Crippen molar-refractivity contribution >= 4 is 22.7 Å². The minimum absolute atomic E-state index is 0.0217. The van der Waals surface area contributed by atoms with Crippen molar-refractivity contribution in [3.63, 3.8) is 0 Å². The molecule has 0 fully saturated rings. The van der Waals surface area contributed by atoms with Crippen LogP contribution in [0.15, 0.2) is 71.6 Å². The maximum Gasteiger partial charge on any atom is 0.271 e. The molecule has 3 aromatic rings. The van der Waals surface area contributed by atoms with Gasteiger partial charge in [-0.2, -0.15) is 0 Å². The molecule has 26 heavy (non-hydrogen) atoms. The number of benzene rings is 2. The first-order chi connectivity index (χ1) is 12.6. The Bertz CT molecular complexity index is 1000. The van der Waals surface area contributed by atoms with Gasteiger partial charge >= 0.3 is 0 Å². The second kappa shape index (κ2) is 7.79. The zero-order valence-corrected chi connectivity index (χ0v) is 15.0. The Kier molecular flexibility index (Phi) is 5.28. The van der Waals surface area contributed by atoms with Crippen LogP contribution in [0.2, 0.25) is 0 Å². The molecule has 0 aliphatic rings. The molecule has 0 N–H and O–H groups in total. The van der Waals surface area contributed by atoms with Crippen molar-refractivity contribution in [2.45, 2.75) is 6.54 Å². The average molecular weight is 367 g/mol. The van der Waals surface area contributed by atoms with Gasteiger partial charge in [0.15, 0.2) is 4.80 Å². The molecular weight excluding hydrogens is 350 g/mol. The Morgan fingerprint density at radius 3 is 2.73 bits per heavy atom. The first-order valence-corrected chi connectivity index (χ1v) is 8.73. The van der Waals surface area contributed by atoms with Crippen LogP contribution in [-0.2, 0) is 6.54 Å². The van der Waals surface area contributed by atoms with Crippen LogP contribution in [-0.4, -0.2) is 16.6 Å². The summed E-state index contributed by atoms with van der Waals surface area (Å²) in [5.41, 5.74) is 2.60. The van der Waals surface area contributed by atoms with Crippen molar-refractivity contribution in [2.24, 2.45) is 4.99 Å². The van der Waals surface area contributed by atoms with E-state index in [-0.39, 0.29) is 5.69 Å². The van der Waals surface area contributed by atoms with Gasteiger partial charge in [0.05, 0.1) is 23.4 Å². The van der Waals surface area contributed by atoms with Crippen molar-refractivity contribution in [2.75, 3.05) is 7.11 Å². The number of nitro benzene ring substituents is 1.